The Morgan fingerprint density at radius 1 is 1.47 bits per heavy atom. The van der Waals surface area contributed by atoms with Gasteiger partial charge in [-0.1, -0.05) is 12.3 Å². The predicted molar refractivity (Wildman–Crippen MR) is 68.2 cm³/mol. The zero-order valence-electron chi connectivity index (χ0n) is 10.5. The van der Waals surface area contributed by atoms with Crippen molar-refractivity contribution in [3.05, 3.63) is 0 Å². The van der Waals surface area contributed by atoms with Crippen molar-refractivity contribution in [3.8, 4) is 12.3 Å². The molecule has 0 spiro atoms. The summed E-state index contributed by atoms with van der Waals surface area (Å²) in [7, 11) is 0. The van der Waals surface area contributed by atoms with Gasteiger partial charge in [0, 0.05) is 0 Å². The fourth-order valence-electron chi connectivity index (χ4n) is 3.34. The molecule has 2 rings (SSSR count). The second-order valence-electron chi connectivity index (χ2n) is 5.49. The van der Waals surface area contributed by atoms with Crippen molar-refractivity contribution in [2.75, 3.05) is 13.1 Å². The number of hydrogen-bond acceptors (Lipinski definition) is 2. The highest BCUT2D eigenvalue weighted by Crippen LogP contribution is 2.47. The fourth-order valence-corrected chi connectivity index (χ4v) is 3.34. The van der Waals surface area contributed by atoms with Crippen molar-refractivity contribution in [1.29, 1.82) is 0 Å². The van der Waals surface area contributed by atoms with Gasteiger partial charge >= 0.3 is 0 Å². The van der Waals surface area contributed by atoms with Gasteiger partial charge in [0.05, 0.1) is 12.6 Å². The van der Waals surface area contributed by atoms with Gasteiger partial charge in [0.1, 0.15) is 0 Å². The van der Waals surface area contributed by atoms with E-state index in [-0.39, 0.29) is 11.9 Å². The van der Waals surface area contributed by atoms with Crippen molar-refractivity contribution in [1.82, 2.24) is 10.6 Å². The van der Waals surface area contributed by atoms with E-state index in [9.17, 15) is 4.79 Å². The van der Waals surface area contributed by atoms with Crippen molar-refractivity contribution in [2.45, 2.75) is 38.6 Å². The summed E-state index contributed by atoms with van der Waals surface area (Å²) in [6, 6.07) is -0.137. The highest BCUT2D eigenvalue weighted by Gasteiger charge is 2.39. The molecule has 4 atom stereocenters. The Morgan fingerprint density at radius 2 is 2.29 bits per heavy atom. The molecule has 17 heavy (non-hydrogen) atoms. The Balaban J connectivity index is 1.68. The molecule has 2 N–H and O–H groups in total. The van der Waals surface area contributed by atoms with Crippen LogP contribution in [-0.2, 0) is 4.79 Å². The Morgan fingerprint density at radius 3 is 2.88 bits per heavy atom. The first-order chi connectivity index (χ1) is 8.20. The largest absolute Gasteiger partial charge is 0.344 e. The minimum absolute atomic E-state index is 0.00565. The quantitative estimate of drug-likeness (QED) is 0.701. The molecule has 2 bridgehead atoms. The van der Waals surface area contributed by atoms with E-state index in [2.05, 4.69) is 16.6 Å². The van der Waals surface area contributed by atoms with E-state index in [0.717, 1.165) is 24.3 Å². The Hall–Kier alpha value is -1.01. The number of hydrogen-bond donors (Lipinski definition) is 2. The monoisotopic (exact) mass is 234 g/mol. The van der Waals surface area contributed by atoms with Gasteiger partial charge < -0.3 is 10.6 Å². The third-order valence-electron chi connectivity index (χ3n) is 4.33. The topological polar surface area (TPSA) is 41.1 Å². The molecule has 0 aliphatic heterocycles. The summed E-state index contributed by atoms with van der Waals surface area (Å²) >= 11 is 0. The lowest BCUT2D eigenvalue weighted by Gasteiger charge is -2.23. The van der Waals surface area contributed by atoms with Gasteiger partial charge in [-0.05, 0) is 50.5 Å². The van der Waals surface area contributed by atoms with Gasteiger partial charge in [-0.25, -0.2) is 0 Å². The summed E-state index contributed by atoms with van der Waals surface area (Å²) in [4.78, 5) is 11.6. The molecule has 0 aromatic rings. The number of carbonyl (C=O) groups excluding carboxylic acids is 1. The van der Waals surface area contributed by atoms with Crippen LogP contribution >= 0.6 is 0 Å². The molecule has 3 nitrogen and oxygen atoms in total. The average molecular weight is 234 g/mol. The normalized spacial score (nSPS) is 32.1. The minimum atomic E-state index is -0.137. The maximum Gasteiger partial charge on any atom is 0.237 e. The maximum absolute atomic E-state index is 11.6. The molecule has 0 radical (unpaired) electrons. The molecule has 2 aliphatic carbocycles. The molecule has 2 fully saturated rings. The van der Waals surface area contributed by atoms with Crippen LogP contribution in [0.25, 0.3) is 0 Å². The summed E-state index contributed by atoms with van der Waals surface area (Å²) in [6.45, 7) is 3.20. The van der Waals surface area contributed by atoms with Crippen LogP contribution in [0.3, 0.4) is 0 Å². The number of terminal acetylenes is 1. The molecule has 0 heterocycles. The summed E-state index contributed by atoms with van der Waals surface area (Å²) in [5, 5.41) is 6.04. The van der Waals surface area contributed by atoms with E-state index < -0.39 is 0 Å². The lowest BCUT2D eigenvalue weighted by atomic mass is 9.89. The zero-order valence-corrected chi connectivity index (χ0v) is 10.5. The third kappa shape index (κ3) is 3.01. The lowest BCUT2D eigenvalue weighted by Crippen LogP contribution is -2.44. The summed E-state index contributed by atoms with van der Waals surface area (Å²) in [6.07, 6.45) is 10.7. The molecule has 0 aromatic carbocycles. The van der Waals surface area contributed by atoms with Crippen LogP contribution in [0.15, 0.2) is 0 Å². The molecule has 0 aromatic heterocycles. The Bertz CT molecular complexity index is 321. The molecular formula is C14H22N2O. The molecule has 1 amide bonds. The number of amides is 1. The SMILES string of the molecule is C#CCNC(=O)C(C)NCC1CC2CCC1C2. The minimum Gasteiger partial charge on any atom is -0.344 e. The van der Waals surface area contributed by atoms with Crippen molar-refractivity contribution in [3.63, 3.8) is 0 Å². The summed E-state index contributed by atoms with van der Waals surface area (Å²) in [5.41, 5.74) is 0. The number of nitrogens with one attached hydrogen (secondary N) is 2. The summed E-state index contributed by atoms with van der Waals surface area (Å²) in [5.74, 6) is 5.09. The van der Waals surface area contributed by atoms with Gasteiger partial charge in [0.25, 0.3) is 0 Å². The van der Waals surface area contributed by atoms with E-state index >= 15 is 0 Å². The maximum atomic E-state index is 11.6. The zero-order chi connectivity index (χ0) is 12.3. The van der Waals surface area contributed by atoms with Crippen molar-refractivity contribution in [2.24, 2.45) is 17.8 Å². The second kappa shape index (κ2) is 5.55. The molecule has 0 saturated heterocycles. The Kier molecular flexibility index (Phi) is 4.06. The van der Waals surface area contributed by atoms with Gasteiger partial charge in [0.2, 0.25) is 5.91 Å². The fraction of sp³-hybridized carbons (Fsp3) is 0.786. The van der Waals surface area contributed by atoms with Crippen molar-refractivity contribution < 1.29 is 4.79 Å². The van der Waals surface area contributed by atoms with E-state index in [1.165, 1.54) is 25.7 Å². The smallest absolute Gasteiger partial charge is 0.237 e. The first-order valence-electron chi connectivity index (χ1n) is 6.65. The van der Waals surface area contributed by atoms with Crippen LogP contribution in [-0.4, -0.2) is 25.0 Å². The lowest BCUT2D eigenvalue weighted by molar-refractivity contribution is -0.122. The number of carbonyl (C=O) groups is 1. The molecule has 3 heteroatoms. The predicted octanol–water partition coefficient (Wildman–Crippen LogP) is 1.15. The molecule has 2 saturated carbocycles. The number of fused-ring (bicyclic) bond motifs is 2. The van der Waals surface area contributed by atoms with E-state index in [4.69, 9.17) is 6.42 Å². The van der Waals surface area contributed by atoms with Crippen LogP contribution in [0.2, 0.25) is 0 Å². The van der Waals surface area contributed by atoms with E-state index in [1.54, 1.807) is 0 Å². The van der Waals surface area contributed by atoms with E-state index in [0.29, 0.717) is 6.54 Å². The first-order valence-corrected chi connectivity index (χ1v) is 6.65. The average Bonchev–Trinajstić information content (AvgIpc) is 2.94. The van der Waals surface area contributed by atoms with Crippen LogP contribution in [0.4, 0.5) is 0 Å². The van der Waals surface area contributed by atoms with Gasteiger partial charge in [0.15, 0.2) is 0 Å². The Labute approximate surface area is 104 Å². The van der Waals surface area contributed by atoms with Crippen molar-refractivity contribution >= 4 is 5.91 Å². The molecular weight excluding hydrogens is 212 g/mol. The third-order valence-corrected chi connectivity index (χ3v) is 4.33. The molecule has 94 valence electrons. The highest BCUT2D eigenvalue weighted by atomic mass is 16.2. The highest BCUT2D eigenvalue weighted by molar-refractivity contribution is 5.81. The van der Waals surface area contributed by atoms with Gasteiger partial charge in [-0.2, -0.15) is 0 Å². The molecule has 2 aliphatic rings. The number of rotatable bonds is 5. The van der Waals surface area contributed by atoms with E-state index in [1.807, 2.05) is 6.92 Å². The van der Waals surface area contributed by atoms with Crippen LogP contribution in [0.1, 0.15) is 32.6 Å². The van der Waals surface area contributed by atoms with Gasteiger partial charge in [-0.15, -0.1) is 6.42 Å². The van der Waals surface area contributed by atoms with Crippen LogP contribution in [0, 0.1) is 30.1 Å². The second-order valence-corrected chi connectivity index (χ2v) is 5.49. The summed E-state index contributed by atoms with van der Waals surface area (Å²) < 4.78 is 0. The standard InChI is InChI=1S/C14H22N2O/c1-3-6-15-14(17)10(2)16-9-13-8-11-4-5-12(13)7-11/h1,10-13,16H,4-9H2,2H3,(H,15,17). The van der Waals surface area contributed by atoms with Gasteiger partial charge in [-0.3, -0.25) is 4.79 Å². The van der Waals surface area contributed by atoms with Crippen LogP contribution < -0.4 is 10.6 Å². The first kappa shape index (κ1) is 12.4. The van der Waals surface area contributed by atoms with Crippen LogP contribution in [0.5, 0.6) is 0 Å². The molecule has 4 unspecified atom stereocenters.